The van der Waals surface area contributed by atoms with Gasteiger partial charge in [0, 0.05) is 19.5 Å². The van der Waals surface area contributed by atoms with E-state index in [1.807, 2.05) is 86.6 Å². The maximum absolute atomic E-state index is 13.8. The lowest BCUT2D eigenvalue weighted by atomic mass is 10.00. The average molecular weight is 457 g/mol. The van der Waals surface area contributed by atoms with Crippen LogP contribution < -0.4 is 5.32 Å². The Hall–Kier alpha value is -3.40. The van der Waals surface area contributed by atoms with Crippen molar-refractivity contribution in [3.05, 3.63) is 107 Å². The number of unbranched alkanes of at least 4 members (excludes halogenated alkanes) is 1. The van der Waals surface area contributed by atoms with Gasteiger partial charge in [0.2, 0.25) is 11.8 Å². The Kier molecular flexibility index (Phi) is 9.45. The molecule has 3 aromatic rings. The highest BCUT2D eigenvalue weighted by Crippen LogP contribution is 2.18. The highest BCUT2D eigenvalue weighted by Gasteiger charge is 2.30. The van der Waals surface area contributed by atoms with Crippen molar-refractivity contribution in [2.24, 2.45) is 0 Å². The van der Waals surface area contributed by atoms with Crippen LogP contribution in [0.25, 0.3) is 0 Å². The topological polar surface area (TPSA) is 49.4 Å². The maximum atomic E-state index is 13.8. The third-order valence-corrected chi connectivity index (χ3v) is 6.14. The molecule has 0 fully saturated rings. The summed E-state index contributed by atoms with van der Waals surface area (Å²) in [6, 6.07) is 25.5. The normalized spacial score (nSPS) is 11.6. The first kappa shape index (κ1) is 25.2. The second-order valence-electron chi connectivity index (χ2n) is 8.96. The van der Waals surface area contributed by atoms with Crippen LogP contribution in [0, 0.1) is 13.8 Å². The molecule has 2 amide bonds. The molecule has 178 valence electrons. The summed E-state index contributed by atoms with van der Waals surface area (Å²) in [5, 5.41) is 3.08. The number of benzene rings is 3. The standard InChI is InChI=1S/C30H36N2O2/c1-4-5-18-31-30(34)28(20-25-14-7-6-8-15-25)32(22-26-16-11-12-23(2)19-26)29(33)21-27-17-10-9-13-24(27)3/h6-17,19,28H,4-5,18,20-22H2,1-3H3,(H,31,34). The minimum Gasteiger partial charge on any atom is -0.354 e. The zero-order chi connectivity index (χ0) is 24.3. The molecule has 0 heterocycles. The third-order valence-electron chi connectivity index (χ3n) is 6.14. The smallest absolute Gasteiger partial charge is 0.243 e. The molecule has 0 aliphatic rings. The van der Waals surface area contributed by atoms with Gasteiger partial charge in [0.25, 0.3) is 0 Å². The van der Waals surface area contributed by atoms with Crippen molar-refractivity contribution in [3.8, 4) is 0 Å². The van der Waals surface area contributed by atoms with E-state index >= 15 is 0 Å². The Morgan fingerprint density at radius 3 is 2.29 bits per heavy atom. The van der Waals surface area contributed by atoms with Gasteiger partial charge in [-0.15, -0.1) is 0 Å². The van der Waals surface area contributed by atoms with Gasteiger partial charge in [-0.2, -0.15) is 0 Å². The molecule has 0 bridgehead atoms. The van der Waals surface area contributed by atoms with Crippen LogP contribution in [-0.4, -0.2) is 29.3 Å². The van der Waals surface area contributed by atoms with E-state index < -0.39 is 6.04 Å². The van der Waals surface area contributed by atoms with Crippen LogP contribution in [0.5, 0.6) is 0 Å². The molecule has 34 heavy (non-hydrogen) atoms. The van der Waals surface area contributed by atoms with Crippen LogP contribution in [0.1, 0.15) is 47.6 Å². The number of aryl methyl sites for hydroxylation is 2. The van der Waals surface area contributed by atoms with Gasteiger partial charge in [-0.05, 0) is 42.5 Å². The van der Waals surface area contributed by atoms with Gasteiger partial charge < -0.3 is 10.2 Å². The summed E-state index contributed by atoms with van der Waals surface area (Å²) in [4.78, 5) is 29.0. The van der Waals surface area contributed by atoms with Gasteiger partial charge in [0.1, 0.15) is 6.04 Å². The van der Waals surface area contributed by atoms with Crippen molar-refractivity contribution < 1.29 is 9.59 Å². The van der Waals surface area contributed by atoms with E-state index in [4.69, 9.17) is 0 Å². The molecule has 0 spiro atoms. The maximum Gasteiger partial charge on any atom is 0.243 e. The Balaban J connectivity index is 1.95. The van der Waals surface area contributed by atoms with E-state index in [0.717, 1.165) is 40.7 Å². The van der Waals surface area contributed by atoms with E-state index in [-0.39, 0.29) is 18.2 Å². The summed E-state index contributed by atoms with van der Waals surface area (Å²) in [6.45, 7) is 7.17. The van der Waals surface area contributed by atoms with Crippen LogP contribution in [-0.2, 0) is 29.0 Å². The fraction of sp³-hybridized carbons (Fsp3) is 0.333. The molecule has 0 radical (unpaired) electrons. The van der Waals surface area contributed by atoms with E-state index in [9.17, 15) is 9.59 Å². The molecule has 3 aromatic carbocycles. The predicted molar refractivity (Wildman–Crippen MR) is 138 cm³/mol. The van der Waals surface area contributed by atoms with Gasteiger partial charge in [-0.1, -0.05) is 97.8 Å². The summed E-state index contributed by atoms with van der Waals surface area (Å²) < 4.78 is 0. The lowest BCUT2D eigenvalue weighted by Gasteiger charge is -2.32. The Labute approximate surface area is 204 Å². The van der Waals surface area contributed by atoms with Crippen molar-refractivity contribution in [3.63, 3.8) is 0 Å². The van der Waals surface area contributed by atoms with Crippen molar-refractivity contribution in [1.29, 1.82) is 0 Å². The molecule has 0 saturated carbocycles. The van der Waals surface area contributed by atoms with Gasteiger partial charge in [0.15, 0.2) is 0 Å². The molecule has 0 saturated heterocycles. The van der Waals surface area contributed by atoms with Crippen molar-refractivity contribution in [1.82, 2.24) is 10.2 Å². The second kappa shape index (κ2) is 12.7. The Morgan fingerprint density at radius 1 is 0.882 bits per heavy atom. The van der Waals surface area contributed by atoms with Crippen LogP contribution in [0.4, 0.5) is 0 Å². The number of hydrogen-bond donors (Lipinski definition) is 1. The quantitative estimate of drug-likeness (QED) is 0.393. The highest BCUT2D eigenvalue weighted by atomic mass is 16.2. The molecule has 4 heteroatoms. The summed E-state index contributed by atoms with van der Waals surface area (Å²) in [6.07, 6.45) is 2.66. The molecule has 0 aliphatic carbocycles. The zero-order valence-corrected chi connectivity index (χ0v) is 20.6. The monoisotopic (exact) mass is 456 g/mol. The number of carbonyl (C=O) groups excluding carboxylic acids is 2. The van der Waals surface area contributed by atoms with Gasteiger partial charge in [-0.3, -0.25) is 9.59 Å². The number of carbonyl (C=O) groups is 2. The van der Waals surface area contributed by atoms with Gasteiger partial charge >= 0.3 is 0 Å². The third kappa shape index (κ3) is 7.31. The largest absolute Gasteiger partial charge is 0.354 e. The lowest BCUT2D eigenvalue weighted by molar-refractivity contribution is -0.140. The number of nitrogens with one attached hydrogen (secondary N) is 1. The predicted octanol–water partition coefficient (Wildman–Crippen LogP) is 5.40. The van der Waals surface area contributed by atoms with Crippen LogP contribution in [0.2, 0.25) is 0 Å². The van der Waals surface area contributed by atoms with E-state index in [0.29, 0.717) is 19.5 Å². The molecule has 3 rings (SSSR count). The summed E-state index contributed by atoms with van der Waals surface area (Å²) in [7, 11) is 0. The fourth-order valence-corrected chi connectivity index (χ4v) is 4.14. The zero-order valence-electron chi connectivity index (χ0n) is 20.6. The average Bonchev–Trinajstić information content (AvgIpc) is 2.83. The fourth-order valence-electron chi connectivity index (χ4n) is 4.14. The molecule has 1 atom stereocenters. The first-order valence-electron chi connectivity index (χ1n) is 12.2. The van der Waals surface area contributed by atoms with Gasteiger partial charge in [-0.25, -0.2) is 0 Å². The Bertz CT molecular complexity index is 1080. The first-order chi connectivity index (χ1) is 16.5. The van der Waals surface area contributed by atoms with Crippen molar-refractivity contribution in [2.45, 2.75) is 59.0 Å². The first-order valence-corrected chi connectivity index (χ1v) is 12.2. The summed E-state index contributed by atoms with van der Waals surface area (Å²) in [5.41, 5.74) is 5.27. The van der Waals surface area contributed by atoms with E-state index in [1.54, 1.807) is 4.90 Å². The molecular formula is C30H36N2O2. The number of nitrogens with zero attached hydrogens (tertiary/aromatic N) is 1. The summed E-state index contributed by atoms with van der Waals surface area (Å²) in [5.74, 6) is -0.134. The molecule has 1 N–H and O–H groups in total. The van der Waals surface area contributed by atoms with Crippen molar-refractivity contribution in [2.75, 3.05) is 6.54 Å². The highest BCUT2D eigenvalue weighted by molar-refractivity contribution is 5.89. The number of hydrogen-bond acceptors (Lipinski definition) is 2. The van der Waals surface area contributed by atoms with E-state index in [2.05, 4.69) is 18.3 Å². The van der Waals surface area contributed by atoms with Gasteiger partial charge in [0.05, 0.1) is 6.42 Å². The van der Waals surface area contributed by atoms with Crippen LogP contribution >= 0.6 is 0 Å². The molecule has 1 unspecified atom stereocenters. The number of rotatable bonds is 11. The molecule has 0 aromatic heterocycles. The Morgan fingerprint density at radius 2 is 1.59 bits per heavy atom. The minimum atomic E-state index is -0.587. The molecular weight excluding hydrogens is 420 g/mol. The van der Waals surface area contributed by atoms with Crippen LogP contribution in [0.15, 0.2) is 78.9 Å². The second-order valence-corrected chi connectivity index (χ2v) is 8.96. The molecule has 0 aliphatic heterocycles. The van der Waals surface area contributed by atoms with Crippen molar-refractivity contribution >= 4 is 11.8 Å². The van der Waals surface area contributed by atoms with E-state index in [1.165, 1.54) is 0 Å². The number of amides is 2. The molecule has 4 nitrogen and oxygen atoms in total. The SMILES string of the molecule is CCCCNC(=O)C(Cc1ccccc1)N(Cc1cccc(C)c1)C(=O)Cc1ccccc1C. The summed E-state index contributed by atoms with van der Waals surface area (Å²) >= 11 is 0. The van der Waals surface area contributed by atoms with Crippen LogP contribution in [0.3, 0.4) is 0 Å². The minimum absolute atomic E-state index is 0.0395. The lowest BCUT2D eigenvalue weighted by Crippen LogP contribution is -2.51.